The third-order valence-electron chi connectivity index (χ3n) is 5.62. The summed E-state index contributed by atoms with van der Waals surface area (Å²) in [6.07, 6.45) is 1.03. The van der Waals surface area contributed by atoms with E-state index in [1.54, 1.807) is 0 Å². The van der Waals surface area contributed by atoms with Gasteiger partial charge >= 0.3 is 11.8 Å². The molecular formula is C23H30N4O2. The van der Waals surface area contributed by atoms with Crippen molar-refractivity contribution in [1.82, 2.24) is 10.2 Å². The first-order valence-corrected chi connectivity index (χ1v) is 9.93. The molecule has 2 aromatic rings. The summed E-state index contributed by atoms with van der Waals surface area (Å²) >= 11 is 0. The second-order valence-electron chi connectivity index (χ2n) is 7.97. The number of hydrogen-bond acceptors (Lipinski definition) is 4. The number of hydrogen-bond donors (Lipinski definition) is 2. The van der Waals surface area contributed by atoms with Gasteiger partial charge in [-0.2, -0.15) is 0 Å². The average molecular weight is 395 g/mol. The molecule has 1 aliphatic rings. The highest BCUT2D eigenvalue weighted by Crippen LogP contribution is 2.30. The van der Waals surface area contributed by atoms with Crippen molar-refractivity contribution in [3.8, 4) is 0 Å². The van der Waals surface area contributed by atoms with Gasteiger partial charge in [0.2, 0.25) is 0 Å². The average Bonchev–Trinajstić information content (AvgIpc) is 3.05. The summed E-state index contributed by atoms with van der Waals surface area (Å²) in [5.41, 5.74) is 6.29. The zero-order valence-electron chi connectivity index (χ0n) is 17.9. The van der Waals surface area contributed by atoms with Crippen LogP contribution in [0.4, 0.5) is 11.4 Å². The van der Waals surface area contributed by atoms with Crippen molar-refractivity contribution in [1.29, 1.82) is 0 Å². The summed E-state index contributed by atoms with van der Waals surface area (Å²) in [5, 5.41) is 5.53. The Morgan fingerprint density at radius 3 is 2.45 bits per heavy atom. The molecule has 2 N–H and O–H groups in total. The largest absolute Gasteiger partial charge is 0.374 e. The van der Waals surface area contributed by atoms with Crippen molar-refractivity contribution < 1.29 is 9.59 Å². The van der Waals surface area contributed by atoms with Gasteiger partial charge in [-0.1, -0.05) is 30.3 Å². The van der Waals surface area contributed by atoms with Gasteiger partial charge in [0, 0.05) is 31.5 Å². The molecule has 1 atom stereocenters. The van der Waals surface area contributed by atoms with E-state index in [-0.39, 0.29) is 6.04 Å². The van der Waals surface area contributed by atoms with Crippen LogP contribution in [0.2, 0.25) is 0 Å². The van der Waals surface area contributed by atoms with E-state index in [1.165, 1.54) is 11.3 Å². The van der Waals surface area contributed by atoms with E-state index in [0.29, 0.717) is 12.2 Å². The highest BCUT2D eigenvalue weighted by atomic mass is 16.2. The van der Waals surface area contributed by atoms with Crippen LogP contribution in [0.3, 0.4) is 0 Å². The highest BCUT2D eigenvalue weighted by Gasteiger charge is 2.22. The maximum Gasteiger partial charge on any atom is 0.313 e. The topological polar surface area (TPSA) is 64.7 Å². The van der Waals surface area contributed by atoms with Gasteiger partial charge in [0.1, 0.15) is 0 Å². The molecule has 0 aliphatic carbocycles. The van der Waals surface area contributed by atoms with E-state index in [1.807, 2.05) is 46.1 Å². The summed E-state index contributed by atoms with van der Waals surface area (Å²) < 4.78 is 0. The number of rotatable bonds is 5. The Hall–Kier alpha value is -2.86. The normalized spacial score (nSPS) is 13.9. The molecule has 1 unspecified atom stereocenters. The lowest BCUT2D eigenvalue weighted by Crippen LogP contribution is -2.40. The van der Waals surface area contributed by atoms with E-state index >= 15 is 0 Å². The molecule has 0 spiro atoms. The standard InChI is InChI=1S/C23H30N4O2/c1-15-7-6-8-16(2)21(15)25-23(29)22(28)24-14-20(26(3)4)17-9-10-19-18(13-17)11-12-27(19)5/h6-10,13,20H,11-12,14H2,1-5H3,(H,24,28)(H,25,29). The number of carbonyl (C=O) groups is 2. The number of nitrogens with one attached hydrogen (secondary N) is 2. The van der Waals surface area contributed by atoms with Crippen molar-refractivity contribution in [2.24, 2.45) is 0 Å². The molecule has 29 heavy (non-hydrogen) atoms. The third kappa shape index (κ3) is 4.59. The van der Waals surface area contributed by atoms with Gasteiger partial charge in [-0.05, 0) is 62.7 Å². The maximum atomic E-state index is 12.4. The van der Waals surface area contributed by atoms with Gasteiger partial charge in [-0.15, -0.1) is 0 Å². The fraction of sp³-hybridized carbons (Fsp3) is 0.391. The van der Waals surface area contributed by atoms with Crippen LogP contribution in [0.25, 0.3) is 0 Å². The second-order valence-corrected chi connectivity index (χ2v) is 7.97. The van der Waals surface area contributed by atoms with Gasteiger partial charge in [0.05, 0.1) is 6.04 Å². The first-order chi connectivity index (χ1) is 13.8. The van der Waals surface area contributed by atoms with Gasteiger partial charge in [0.15, 0.2) is 0 Å². The molecule has 0 fully saturated rings. The smallest absolute Gasteiger partial charge is 0.313 e. The Bertz CT molecular complexity index is 903. The molecule has 0 aromatic heterocycles. The SMILES string of the molecule is Cc1cccc(C)c1NC(=O)C(=O)NCC(c1ccc2c(c1)CCN2C)N(C)C. The minimum absolute atomic E-state index is 0.0110. The first kappa shape index (κ1) is 20.9. The number of nitrogens with zero attached hydrogens (tertiary/aromatic N) is 2. The Labute approximate surface area is 172 Å². The van der Waals surface area contributed by atoms with Gasteiger partial charge < -0.3 is 20.4 Å². The van der Waals surface area contributed by atoms with Crippen LogP contribution < -0.4 is 15.5 Å². The number of amides is 2. The molecule has 6 nitrogen and oxygen atoms in total. The molecule has 0 bridgehead atoms. The number of anilines is 2. The minimum Gasteiger partial charge on any atom is -0.374 e. The van der Waals surface area contributed by atoms with Crippen molar-refractivity contribution in [3.05, 3.63) is 58.7 Å². The van der Waals surface area contributed by atoms with Crippen LogP contribution in [-0.4, -0.2) is 50.9 Å². The summed E-state index contributed by atoms with van der Waals surface area (Å²) in [6, 6.07) is 12.2. The molecule has 3 rings (SSSR count). The van der Waals surface area contributed by atoms with Crippen LogP contribution in [0, 0.1) is 13.8 Å². The molecule has 1 aliphatic heterocycles. The fourth-order valence-corrected chi connectivity index (χ4v) is 3.84. The Morgan fingerprint density at radius 1 is 1.10 bits per heavy atom. The Morgan fingerprint density at radius 2 is 1.79 bits per heavy atom. The van der Waals surface area contributed by atoms with Gasteiger partial charge in [-0.25, -0.2) is 0 Å². The predicted molar refractivity (Wildman–Crippen MR) is 117 cm³/mol. The highest BCUT2D eigenvalue weighted by molar-refractivity contribution is 6.39. The zero-order valence-corrected chi connectivity index (χ0v) is 17.9. The Kier molecular flexibility index (Phi) is 6.23. The molecule has 2 amide bonds. The fourth-order valence-electron chi connectivity index (χ4n) is 3.84. The Balaban J connectivity index is 1.66. The zero-order chi connectivity index (χ0) is 21.1. The number of likely N-dealkylation sites (N-methyl/N-ethyl adjacent to an activating group) is 2. The minimum atomic E-state index is -0.643. The summed E-state index contributed by atoms with van der Waals surface area (Å²) in [4.78, 5) is 29.1. The lowest BCUT2D eigenvalue weighted by Gasteiger charge is -2.26. The first-order valence-electron chi connectivity index (χ1n) is 9.93. The van der Waals surface area contributed by atoms with Crippen LogP contribution in [0.1, 0.15) is 28.3 Å². The maximum absolute atomic E-state index is 12.4. The van der Waals surface area contributed by atoms with Crippen LogP contribution in [0.5, 0.6) is 0 Å². The molecule has 0 saturated carbocycles. The van der Waals surface area contributed by atoms with E-state index < -0.39 is 11.8 Å². The monoisotopic (exact) mass is 394 g/mol. The van der Waals surface area contributed by atoms with Gasteiger partial charge in [-0.3, -0.25) is 9.59 Å². The lowest BCUT2D eigenvalue weighted by molar-refractivity contribution is -0.136. The van der Waals surface area contributed by atoms with Crippen molar-refractivity contribution >= 4 is 23.2 Å². The van der Waals surface area contributed by atoms with Crippen molar-refractivity contribution in [2.45, 2.75) is 26.3 Å². The van der Waals surface area contributed by atoms with Crippen molar-refractivity contribution in [2.75, 3.05) is 44.4 Å². The van der Waals surface area contributed by atoms with Gasteiger partial charge in [0.25, 0.3) is 0 Å². The number of benzene rings is 2. The van der Waals surface area contributed by atoms with Crippen LogP contribution in [-0.2, 0) is 16.0 Å². The molecule has 154 valence electrons. The molecule has 0 radical (unpaired) electrons. The third-order valence-corrected chi connectivity index (χ3v) is 5.62. The summed E-state index contributed by atoms with van der Waals surface area (Å²) in [6.45, 7) is 5.21. The van der Waals surface area contributed by atoms with E-state index in [0.717, 1.165) is 29.7 Å². The molecule has 1 heterocycles. The van der Waals surface area contributed by atoms with Crippen molar-refractivity contribution in [3.63, 3.8) is 0 Å². The molecule has 6 heteroatoms. The number of aryl methyl sites for hydroxylation is 2. The molecule has 0 saturated heterocycles. The second kappa shape index (κ2) is 8.66. The quantitative estimate of drug-likeness (QED) is 0.766. The van der Waals surface area contributed by atoms with E-state index in [4.69, 9.17) is 0 Å². The predicted octanol–water partition coefficient (Wildman–Crippen LogP) is 2.65. The van der Waals surface area contributed by atoms with Crippen LogP contribution in [0.15, 0.2) is 36.4 Å². The molecule has 2 aromatic carbocycles. The number of para-hydroxylation sites is 1. The lowest BCUT2D eigenvalue weighted by atomic mass is 10.0. The molecular weight excluding hydrogens is 364 g/mol. The summed E-state index contributed by atoms with van der Waals surface area (Å²) in [5.74, 6) is -1.27. The number of carbonyl (C=O) groups excluding carboxylic acids is 2. The van der Waals surface area contributed by atoms with E-state index in [2.05, 4.69) is 45.7 Å². The number of fused-ring (bicyclic) bond motifs is 1. The van der Waals surface area contributed by atoms with Crippen LogP contribution >= 0.6 is 0 Å². The summed E-state index contributed by atoms with van der Waals surface area (Å²) in [7, 11) is 6.06. The van der Waals surface area contributed by atoms with E-state index in [9.17, 15) is 9.59 Å².